The number of benzene rings is 1. The summed E-state index contributed by atoms with van der Waals surface area (Å²) in [7, 11) is 3.76. The Morgan fingerprint density at radius 1 is 1.33 bits per heavy atom. The highest BCUT2D eigenvalue weighted by atomic mass is 16.3. The molecule has 0 amide bonds. The van der Waals surface area contributed by atoms with Crippen LogP contribution < -0.4 is 0 Å². The quantitative estimate of drug-likeness (QED) is 0.611. The van der Waals surface area contributed by atoms with Gasteiger partial charge in [-0.3, -0.25) is 0 Å². The lowest BCUT2D eigenvalue weighted by molar-refractivity contribution is 0.582. The molecule has 2 rings (SSSR count). The maximum absolute atomic E-state index is 9.14. The summed E-state index contributed by atoms with van der Waals surface area (Å²) in [5.41, 5.74) is 2.06. The number of hydrogen-bond acceptors (Lipinski definition) is 3. The average molecular weight is 239 g/mol. The van der Waals surface area contributed by atoms with Crippen LogP contribution in [-0.4, -0.2) is 25.3 Å². The van der Waals surface area contributed by atoms with Gasteiger partial charge in [0.1, 0.15) is 11.8 Å². The summed E-state index contributed by atoms with van der Waals surface area (Å²) >= 11 is 0. The highest BCUT2D eigenvalue weighted by Crippen LogP contribution is 2.26. The van der Waals surface area contributed by atoms with Crippen LogP contribution in [0.15, 0.2) is 46.0 Å². The van der Waals surface area contributed by atoms with Crippen molar-refractivity contribution in [1.29, 1.82) is 5.26 Å². The summed E-state index contributed by atoms with van der Waals surface area (Å²) in [5, 5.41) is 9.14. The Kier molecular flexibility index (Phi) is 3.44. The van der Waals surface area contributed by atoms with Crippen LogP contribution >= 0.6 is 0 Å². The van der Waals surface area contributed by atoms with Crippen molar-refractivity contribution in [2.75, 3.05) is 14.1 Å². The molecule has 0 radical (unpaired) electrons. The van der Waals surface area contributed by atoms with Gasteiger partial charge < -0.3 is 9.32 Å². The van der Waals surface area contributed by atoms with Gasteiger partial charge in [-0.25, -0.2) is 4.99 Å². The van der Waals surface area contributed by atoms with Crippen molar-refractivity contribution in [2.24, 2.45) is 4.99 Å². The molecule has 0 unspecified atom stereocenters. The second-order valence-corrected chi connectivity index (χ2v) is 4.03. The first-order valence-corrected chi connectivity index (χ1v) is 5.49. The van der Waals surface area contributed by atoms with Crippen molar-refractivity contribution in [3.05, 3.63) is 42.2 Å². The average Bonchev–Trinajstić information content (AvgIpc) is 2.90. The van der Waals surface area contributed by atoms with E-state index in [1.807, 2.05) is 43.3 Å². The fourth-order valence-corrected chi connectivity index (χ4v) is 1.51. The number of aliphatic imine (C=N–C) groups is 1. The number of nitriles is 1. The normalized spacial score (nSPS) is 10.5. The van der Waals surface area contributed by atoms with Gasteiger partial charge >= 0.3 is 0 Å². The smallest absolute Gasteiger partial charge is 0.133 e. The van der Waals surface area contributed by atoms with Crippen molar-refractivity contribution in [2.45, 2.75) is 0 Å². The van der Waals surface area contributed by atoms with E-state index in [0.29, 0.717) is 11.3 Å². The third kappa shape index (κ3) is 2.58. The third-order valence-corrected chi connectivity index (χ3v) is 2.35. The monoisotopic (exact) mass is 239 g/mol. The first kappa shape index (κ1) is 11.9. The molecule has 0 aliphatic heterocycles. The van der Waals surface area contributed by atoms with Gasteiger partial charge in [0.2, 0.25) is 0 Å². The third-order valence-electron chi connectivity index (χ3n) is 2.35. The van der Waals surface area contributed by atoms with Gasteiger partial charge in [-0.2, -0.15) is 5.26 Å². The highest BCUT2D eigenvalue weighted by Gasteiger charge is 2.05. The molecule has 4 nitrogen and oxygen atoms in total. The standard InChI is InChI=1S/C14H13N3O/c1-17(2)10-16-13-6-5-11(8-12(13)9-15)14-4-3-7-18-14/h3-8,10H,1-2H3/b16-10-. The number of hydrogen-bond donors (Lipinski definition) is 0. The summed E-state index contributed by atoms with van der Waals surface area (Å²) in [5.74, 6) is 0.745. The maximum Gasteiger partial charge on any atom is 0.133 e. The molecule has 1 heterocycles. The zero-order valence-corrected chi connectivity index (χ0v) is 10.3. The van der Waals surface area contributed by atoms with Crippen molar-refractivity contribution >= 4 is 12.0 Å². The Hall–Kier alpha value is -2.54. The van der Waals surface area contributed by atoms with E-state index in [9.17, 15) is 0 Å². The Balaban J connectivity index is 2.39. The number of rotatable bonds is 3. The summed E-state index contributed by atoms with van der Waals surface area (Å²) in [6.45, 7) is 0. The minimum atomic E-state index is 0.530. The summed E-state index contributed by atoms with van der Waals surface area (Å²) in [4.78, 5) is 6.07. The fourth-order valence-electron chi connectivity index (χ4n) is 1.51. The van der Waals surface area contributed by atoms with E-state index in [0.717, 1.165) is 11.3 Å². The predicted octanol–water partition coefficient (Wildman–Crippen LogP) is 3.04. The van der Waals surface area contributed by atoms with Crippen LogP contribution in [0.3, 0.4) is 0 Å². The van der Waals surface area contributed by atoms with E-state index in [1.54, 1.807) is 18.7 Å². The van der Waals surface area contributed by atoms with Crippen molar-refractivity contribution < 1.29 is 4.42 Å². The van der Waals surface area contributed by atoms with Gasteiger partial charge in [0.25, 0.3) is 0 Å². The molecular formula is C14H13N3O. The maximum atomic E-state index is 9.14. The SMILES string of the molecule is CN(C)/C=N\c1ccc(-c2ccco2)cc1C#N. The molecule has 18 heavy (non-hydrogen) atoms. The molecule has 1 aromatic carbocycles. The van der Waals surface area contributed by atoms with Gasteiger partial charge in [-0.1, -0.05) is 0 Å². The molecule has 1 aromatic heterocycles. The van der Waals surface area contributed by atoms with E-state index in [2.05, 4.69) is 11.1 Å². The molecular weight excluding hydrogens is 226 g/mol. The van der Waals surface area contributed by atoms with Crippen LogP contribution in [0.2, 0.25) is 0 Å². The molecule has 4 heteroatoms. The lowest BCUT2D eigenvalue weighted by Crippen LogP contribution is -2.07. The molecule has 0 aliphatic rings. The lowest BCUT2D eigenvalue weighted by Gasteiger charge is -2.04. The minimum absolute atomic E-state index is 0.530. The van der Waals surface area contributed by atoms with Crippen LogP contribution in [0.5, 0.6) is 0 Å². The van der Waals surface area contributed by atoms with Crippen LogP contribution in [0, 0.1) is 11.3 Å². The van der Waals surface area contributed by atoms with Gasteiger partial charge in [0.05, 0.1) is 23.9 Å². The zero-order valence-electron chi connectivity index (χ0n) is 10.3. The van der Waals surface area contributed by atoms with Crippen LogP contribution in [0.4, 0.5) is 5.69 Å². The van der Waals surface area contributed by atoms with E-state index in [1.165, 1.54) is 0 Å². The zero-order chi connectivity index (χ0) is 13.0. The Labute approximate surface area is 106 Å². The van der Waals surface area contributed by atoms with Gasteiger partial charge in [-0.05, 0) is 30.3 Å². The van der Waals surface area contributed by atoms with Crippen molar-refractivity contribution in [3.63, 3.8) is 0 Å². The number of furan rings is 1. The molecule has 90 valence electrons. The van der Waals surface area contributed by atoms with Crippen molar-refractivity contribution in [1.82, 2.24) is 4.90 Å². The first-order valence-electron chi connectivity index (χ1n) is 5.49. The van der Waals surface area contributed by atoms with Gasteiger partial charge in [0.15, 0.2) is 0 Å². The second kappa shape index (κ2) is 5.19. The first-order chi connectivity index (χ1) is 8.70. The van der Waals surface area contributed by atoms with Crippen LogP contribution in [0.1, 0.15) is 5.56 Å². The summed E-state index contributed by atoms with van der Waals surface area (Å²) < 4.78 is 5.30. The molecule has 2 aromatic rings. The van der Waals surface area contributed by atoms with E-state index in [4.69, 9.17) is 9.68 Å². The Morgan fingerprint density at radius 3 is 2.78 bits per heavy atom. The molecule has 0 fully saturated rings. The second-order valence-electron chi connectivity index (χ2n) is 4.03. The largest absolute Gasteiger partial charge is 0.464 e. The van der Waals surface area contributed by atoms with E-state index in [-0.39, 0.29) is 0 Å². The Morgan fingerprint density at radius 2 is 2.17 bits per heavy atom. The van der Waals surface area contributed by atoms with Gasteiger partial charge in [0, 0.05) is 19.7 Å². The number of nitrogens with zero attached hydrogens (tertiary/aromatic N) is 3. The van der Waals surface area contributed by atoms with Crippen molar-refractivity contribution in [3.8, 4) is 17.4 Å². The van der Waals surface area contributed by atoms with E-state index < -0.39 is 0 Å². The lowest BCUT2D eigenvalue weighted by atomic mass is 10.1. The molecule has 0 saturated carbocycles. The summed E-state index contributed by atoms with van der Waals surface area (Å²) in [6, 6.07) is 11.3. The Bertz CT molecular complexity index is 592. The summed E-state index contributed by atoms with van der Waals surface area (Å²) in [6.07, 6.45) is 3.28. The van der Waals surface area contributed by atoms with Crippen LogP contribution in [0.25, 0.3) is 11.3 Å². The van der Waals surface area contributed by atoms with Gasteiger partial charge in [-0.15, -0.1) is 0 Å². The molecule has 0 N–H and O–H groups in total. The molecule has 0 saturated heterocycles. The topological polar surface area (TPSA) is 52.5 Å². The minimum Gasteiger partial charge on any atom is -0.464 e. The molecule has 0 bridgehead atoms. The highest BCUT2D eigenvalue weighted by molar-refractivity contribution is 5.70. The predicted molar refractivity (Wildman–Crippen MR) is 70.7 cm³/mol. The molecule has 0 aliphatic carbocycles. The fraction of sp³-hybridized carbons (Fsp3) is 0.143. The van der Waals surface area contributed by atoms with Crippen LogP contribution in [-0.2, 0) is 0 Å². The van der Waals surface area contributed by atoms with E-state index >= 15 is 0 Å². The molecule has 0 spiro atoms. The molecule has 0 atom stereocenters.